The minimum atomic E-state index is -1.15. The minimum Gasteiger partial charge on any atom is -0.493 e. The number of ether oxygens (including phenoxy) is 4. The second kappa shape index (κ2) is 26.2. The normalized spacial score (nSPS) is 14.6. The van der Waals surface area contributed by atoms with E-state index < -0.39 is 23.3 Å². The van der Waals surface area contributed by atoms with Gasteiger partial charge in [0.05, 0.1) is 37.4 Å². The van der Waals surface area contributed by atoms with E-state index in [1.807, 2.05) is 30.3 Å². The molecule has 0 spiro atoms. The van der Waals surface area contributed by atoms with Gasteiger partial charge in [0, 0.05) is 35.1 Å². The lowest BCUT2D eigenvalue weighted by Gasteiger charge is -2.29. The summed E-state index contributed by atoms with van der Waals surface area (Å²) < 4.78 is 39.2. The fourth-order valence-corrected chi connectivity index (χ4v) is 8.58. The molecule has 0 unspecified atom stereocenters. The van der Waals surface area contributed by atoms with E-state index in [2.05, 4.69) is 57.9 Å². The van der Waals surface area contributed by atoms with Crippen LogP contribution in [0.2, 0.25) is 0 Å². The Balaban J connectivity index is 1.75. The third-order valence-corrected chi connectivity index (χ3v) is 12.5. The van der Waals surface area contributed by atoms with Gasteiger partial charge in [-0.2, -0.15) is 10.5 Å². The summed E-state index contributed by atoms with van der Waals surface area (Å²) in [5, 5.41) is 19.7. The van der Waals surface area contributed by atoms with E-state index in [9.17, 15) is 24.9 Å². The Morgan fingerprint density at radius 3 is 1.83 bits per heavy atom. The molecule has 0 heterocycles. The van der Waals surface area contributed by atoms with E-state index in [4.69, 9.17) is 18.9 Å². The first-order valence-electron chi connectivity index (χ1n) is 23.6. The van der Waals surface area contributed by atoms with Crippen LogP contribution in [0, 0.1) is 39.8 Å². The van der Waals surface area contributed by atoms with Gasteiger partial charge >= 0.3 is 17.9 Å². The lowest BCUT2D eigenvalue weighted by atomic mass is 9.77. The van der Waals surface area contributed by atoms with Crippen molar-refractivity contribution in [1.29, 1.82) is 10.5 Å². The molecule has 1 aliphatic rings. The molecule has 10 heteroatoms. The Bertz CT molecular complexity index is 2280. The maximum atomic E-state index is 16.2. The van der Waals surface area contributed by atoms with Crippen molar-refractivity contribution in [2.75, 3.05) is 26.4 Å². The molecule has 0 atom stereocenters. The van der Waals surface area contributed by atoms with Crippen molar-refractivity contribution in [1.82, 2.24) is 0 Å². The fourth-order valence-electron chi connectivity index (χ4n) is 8.58. The first-order valence-corrected chi connectivity index (χ1v) is 23.6. The predicted octanol–water partition coefficient (Wildman–Crippen LogP) is 13.0. The number of nitriles is 2. The fraction of sp³-hybridized carbons (Fsp3) is 0.482. The SMILES string of the molecule is C=C(C)C(=O)OCCCc1cc(-c2ccc(-c3ccc(C4CCC(CCCCC)CC4)cc3F)c(CC)c2)c(CCCOC(=O)C(=C)C)cc1OCC(CC#N)(CC#N)COC(=O)C(=C)C. The zero-order valence-corrected chi connectivity index (χ0v) is 40.0. The first-order chi connectivity index (χ1) is 31.6. The Morgan fingerprint density at radius 2 is 1.27 bits per heavy atom. The number of hydrogen-bond acceptors (Lipinski definition) is 9. The molecule has 0 aromatic heterocycles. The average Bonchev–Trinajstić information content (AvgIpc) is 3.30. The van der Waals surface area contributed by atoms with Crippen molar-refractivity contribution >= 4 is 17.9 Å². The lowest BCUT2D eigenvalue weighted by molar-refractivity contribution is -0.143. The van der Waals surface area contributed by atoms with Gasteiger partial charge < -0.3 is 18.9 Å². The zero-order chi connectivity index (χ0) is 48.2. The van der Waals surface area contributed by atoms with Crippen LogP contribution in [0.25, 0.3) is 22.3 Å². The smallest absolute Gasteiger partial charge is 0.333 e. The monoisotopic (exact) mass is 901 g/mol. The number of unbranched alkanes of at least 4 members (excludes halogenated alkanes) is 2. The number of aryl methyl sites for hydroxylation is 3. The molecule has 1 saturated carbocycles. The molecule has 0 radical (unpaired) electrons. The van der Waals surface area contributed by atoms with Gasteiger partial charge in [0.15, 0.2) is 0 Å². The predicted molar refractivity (Wildman–Crippen MR) is 258 cm³/mol. The van der Waals surface area contributed by atoms with Crippen molar-refractivity contribution in [3.8, 4) is 40.1 Å². The molecule has 66 heavy (non-hydrogen) atoms. The zero-order valence-electron chi connectivity index (χ0n) is 40.0. The maximum absolute atomic E-state index is 16.2. The molecule has 3 aromatic carbocycles. The Hall–Kier alpha value is -6.00. The second-order valence-corrected chi connectivity index (χ2v) is 18.1. The molecule has 3 aromatic rings. The van der Waals surface area contributed by atoms with E-state index >= 15 is 4.39 Å². The van der Waals surface area contributed by atoms with Crippen molar-refractivity contribution in [3.63, 3.8) is 0 Å². The average molecular weight is 901 g/mol. The topological polar surface area (TPSA) is 136 Å². The number of benzene rings is 3. The van der Waals surface area contributed by atoms with Crippen molar-refractivity contribution in [3.05, 3.63) is 113 Å². The molecular formula is C56H69FN2O7. The number of halogens is 1. The van der Waals surface area contributed by atoms with Crippen LogP contribution in [0.5, 0.6) is 5.75 Å². The summed E-state index contributed by atoms with van der Waals surface area (Å²) in [6.07, 6.45) is 11.9. The molecule has 0 N–H and O–H groups in total. The van der Waals surface area contributed by atoms with Crippen LogP contribution < -0.4 is 4.74 Å². The van der Waals surface area contributed by atoms with E-state index in [1.165, 1.54) is 45.4 Å². The van der Waals surface area contributed by atoms with Gasteiger partial charge in [-0.15, -0.1) is 0 Å². The molecule has 1 fully saturated rings. The molecule has 9 nitrogen and oxygen atoms in total. The van der Waals surface area contributed by atoms with E-state index in [0.29, 0.717) is 60.5 Å². The number of carbonyl (C=O) groups is 3. The standard InChI is InChI=1S/C56H69FN2O7/c1-9-11-12-15-41-18-20-43(21-19-41)44-22-25-49(51(57)34-44)48-24-23-46(32-42(48)10-2)50-33-47(17-14-31-64-54(61)39(5)6)52(35-45(50)16-13-30-63-53(60)38(3)4)65-36-56(26-28-58,27-29-59)37-66-55(62)40(7)8/h22-25,32-35,41,43H,3,5,7,9-21,26-27,30-31,36-37H2,1-2,4,6,8H3. The van der Waals surface area contributed by atoms with Crippen LogP contribution in [0.3, 0.4) is 0 Å². The van der Waals surface area contributed by atoms with Crippen molar-refractivity contribution in [2.24, 2.45) is 11.3 Å². The highest BCUT2D eigenvalue weighted by molar-refractivity contribution is 5.87. The third-order valence-electron chi connectivity index (χ3n) is 12.5. The van der Waals surface area contributed by atoms with Crippen LogP contribution in [-0.4, -0.2) is 44.3 Å². The van der Waals surface area contributed by atoms with Gasteiger partial charge in [-0.25, -0.2) is 18.8 Å². The minimum absolute atomic E-state index is 0.120. The van der Waals surface area contributed by atoms with E-state index in [1.54, 1.807) is 19.9 Å². The summed E-state index contributed by atoms with van der Waals surface area (Å²) in [4.78, 5) is 37.0. The van der Waals surface area contributed by atoms with Crippen molar-refractivity contribution in [2.45, 2.75) is 137 Å². The molecule has 352 valence electrons. The molecule has 1 aliphatic carbocycles. The number of rotatable bonds is 26. The van der Waals surface area contributed by atoms with E-state index in [-0.39, 0.29) is 50.7 Å². The third kappa shape index (κ3) is 15.3. The molecule has 4 rings (SSSR count). The van der Waals surface area contributed by atoms with E-state index in [0.717, 1.165) is 57.7 Å². The quantitative estimate of drug-likeness (QED) is 0.0334. The molecule has 0 bridgehead atoms. The van der Waals surface area contributed by atoms with Crippen LogP contribution in [-0.2, 0) is 47.9 Å². The largest absolute Gasteiger partial charge is 0.493 e. The van der Waals surface area contributed by atoms with Gasteiger partial charge in [-0.1, -0.05) is 89.6 Å². The summed E-state index contributed by atoms with van der Waals surface area (Å²) in [5.41, 5.74) is 6.51. The van der Waals surface area contributed by atoms with Crippen LogP contribution in [0.15, 0.2) is 85.0 Å². The van der Waals surface area contributed by atoms with Crippen LogP contribution in [0.1, 0.15) is 140 Å². The van der Waals surface area contributed by atoms with Crippen molar-refractivity contribution < 1.29 is 37.7 Å². The summed E-state index contributed by atoms with van der Waals surface area (Å²) in [7, 11) is 0. The highest BCUT2D eigenvalue weighted by Crippen LogP contribution is 2.41. The number of hydrogen-bond donors (Lipinski definition) is 0. The van der Waals surface area contributed by atoms with Gasteiger partial charge in [0.2, 0.25) is 0 Å². The molecule has 0 amide bonds. The van der Waals surface area contributed by atoms with Gasteiger partial charge in [-0.3, -0.25) is 0 Å². The molecule has 0 aliphatic heterocycles. The number of esters is 3. The van der Waals surface area contributed by atoms with Gasteiger partial charge in [0.1, 0.15) is 18.2 Å². The number of nitrogens with zero attached hydrogens (tertiary/aromatic N) is 2. The first kappa shape index (κ1) is 52.6. The molecule has 0 saturated heterocycles. The van der Waals surface area contributed by atoms with Gasteiger partial charge in [0.25, 0.3) is 0 Å². The second-order valence-electron chi connectivity index (χ2n) is 18.1. The Labute approximate surface area is 392 Å². The highest BCUT2D eigenvalue weighted by atomic mass is 19.1. The van der Waals surface area contributed by atoms with Gasteiger partial charge in [-0.05, 0) is 148 Å². The Morgan fingerprint density at radius 1 is 0.682 bits per heavy atom. The maximum Gasteiger partial charge on any atom is 0.333 e. The summed E-state index contributed by atoms with van der Waals surface area (Å²) in [6, 6.07) is 20.1. The summed E-state index contributed by atoms with van der Waals surface area (Å²) >= 11 is 0. The lowest BCUT2D eigenvalue weighted by Crippen LogP contribution is -2.34. The Kier molecular flexibility index (Phi) is 20.9. The van der Waals surface area contributed by atoms with Crippen LogP contribution in [0.4, 0.5) is 4.39 Å². The molecular weight excluding hydrogens is 832 g/mol. The summed E-state index contributed by atoms with van der Waals surface area (Å²) in [5.74, 6) is -0.197. The van der Waals surface area contributed by atoms with Crippen LogP contribution >= 0.6 is 0 Å². The number of carbonyl (C=O) groups excluding carboxylic acids is 3. The summed E-state index contributed by atoms with van der Waals surface area (Å²) in [6.45, 7) is 19.9. The highest BCUT2D eigenvalue weighted by Gasteiger charge is 2.34.